The van der Waals surface area contributed by atoms with Gasteiger partial charge in [-0.2, -0.15) is 10.2 Å². The second kappa shape index (κ2) is 8.23. The van der Waals surface area contributed by atoms with E-state index in [2.05, 4.69) is 25.0 Å². The molecule has 0 spiro atoms. The first-order chi connectivity index (χ1) is 15.9. The fourth-order valence-corrected chi connectivity index (χ4v) is 4.80. The maximum Gasteiger partial charge on any atom is 0.216 e. The minimum absolute atomic E-state index is 0.116. The Labute approximate surface area is 189 Å². The van der Waals surface area contributed by atoms with E-state index >= 15 is 0 Å². The van der Waals surface area contributed by atoms with Crippen molar-refractivity contribution >= 4 is 31.7 Å². The third kappa shape index (κ3) is 4.38. The van der Waals surface area contributed by atoms with E-state index in [1.807, 2.05) is 19.3 Å². The Hall–Kier alpha value is -3.89. The number of aromatic amines is 1. The first-order valence-corrected chi connectivity index (χ1v) is 11.8. The molecule has 2 aromatic carbocycles. The fraction of sp³-hybridized carbons (Fsp3) is 0.130. The molecule has 0 radical (unpaired) electrons. The Bertz CT molecular complexity index is 1640. The molecule has 33 heavy (non-hydrogen) atoms. The van der Waals surface area contributed by atoms with Crippen LogP contribution in [-0.2, 0) is 29.4 Å². The summed E-state index contributed by atoms with van der Waals surface area (Å²) in [6, 6.07) is 12.2. The summed E-state index contributed by atoms with van der Waals surface area (Å²) in [5, 5.41) is 12.3. The van der Waals surface area contributed by atoms with E-state index in [0.29, 0.717) is 32.9 Å². The van der Waals surface area contributed by atoms with Crippen LogP contribution < -0.4 is 10.2 Å². The third-order valence-corrected chi connectivity index (χ3v) is 6.68. The van der Waals surface area contributed by atoms with Gasteiger partial charge in [0.05, 0.1) is 29.7 Å². The molecule has 0 saturated heterocycles. The summed E-state index contributed by atoms with van der Waals surface area (Å²) < 4.78 is 29.3. The molecule has 0 aliphatic heterocycles. The molecule has 3 aromatic heterocycles. The standard InChI is InChI=1S/C23H20N6O3S/c1-29-13-18(11-26-29)17-9-21-22(24-10-17)5-4-16-3-2-15(8-20(16)23(21)30)14-33(31,32)27-12-19-6-7-25-28-19/h2-11,13,27H,12,14H2,1H3,(H,25,28). The van der Waals surface area contributed by atoms with Crippen LogP contribution in [0.1, 0.15) is 11.3 Å². The highest BCUT2D eigenvalue weighted by molar-refractivity contribution is 7.88. The summed E-state index contributed by atoms with van der Waals surface area (Å²) in [5.41, 5.74) is 3.19. The van der Waals surface area contributed by atoms with E-state index in [-0.39, 0.29) is 17.7 Å². The number of pyridine rings is 1. The molecule has 0 aliphatic rings. The lowest BCUT2D eigenvalue weighted by Crippen LogP contribution is -2.24. The maximum absolute atomic E-state index is 13.4. The summed E-state index contributed by atoms with van der Waals surface area (Å²) >= 11 is 0. The number of fused-ring (bicyclic) bond motifs is 2. The SMILES string of the molecule is Cn1cc(-c2cnc3ccc4ccc(CS(=O)(=O)NCc5ccn[nH]5)cc4c(=O)c3c2)cn1. The normalized spacial score (nSPS) is 11.9. The zero-order chi connectivity index (χ0) is 23.0. The number of aromatic nitrogens is 5. The van der Waals surface area contributed by atoms with Crippen LogP contribution in [0.15, 0.2) is 72.0 Å². The average Bonchev–Trinajstić information content (AvgIpc) is 3.45. The Kier molecular flexibility index (Phi) is 5.23. The van der Waals surface area contributed by atoms with E-state index in [0.717, 1.165) is 11.1 Å². The molecule has 9 nitrogen and oxygen atoms in total. The highest BCUT2D eigenvalue weighted by atomic mass is 32.2. The van der Waals surface area contributed by atoms with Gasteiger partial charge in [-0.3, -0.25) is 19.6 Å². The zero-order valence-corrected chi connectivity index (χ0v) is 18.5. The number of sulfonamides is 1. The summed E-state index contributed by atoms with van der Waals surface area (Å²) in [5.74, 6) is -0.244. The molecule has 2 N–H and O–H groups in total. The summed E-state index contributed by atoms with van der Waals surface area (Å²) in [4.78, 5) is 17.9. The highest BCUT2D eigenvalue weighted by Crippen LogP contribution is 2.22. The average molecular weight is 461 g/mol. The molecule has 5 rings (SSSR count). The molecule has 0 amide bonds. The molecular weight excluding hydrogens is 440 g/mol. The van der Waals surface area contributed by atoms with Crippen molar-refractivity contribution in [3.8, 4) is 11.1 Å². The quantitative estimate of drug-likeness (QED) is 0.401. The van der Waals surface area contributed by atoms with Crippen molar-refractivity contribution in [2.45, 2.75) is 12.3 Å². The van der Waals surface area contributed by atoms with Gasteiger partial charge in [-0.25, -0.2) is 13.1 Å². The van der Waals surface area contributed by atoms with Gasteiger partial charge in [0.2, 0.25) is 10.0 Å². The number of H-pyrrole nitrogens is 1. The van der Waals surface area contributed by atoms with Crippen LogP contribution in [0.4, 0.5) is 0 Å². The molecule has 166 valence electrons. The molecular formula is C23H20N6O3S. The van der Waals surface area contributed by atoms with E-state index in [1.54, 1.807) is 59.7 Å². The molecule has 10 heteroatoms. The van der Waals surface area contributed by atoms with Crippen LogP contribution in [0.2, 0.25) is 0 Å². The Morgan fingerprint density at radius 1 is 1.03 bits per heavy atom. The van der Waals surface area contributed by atoms with E-state index in [9.17, 15) is 13.2 Å². The lowest BCUT2D eigenvalue weighted by molar-refractivity contribution is 0.579. The van der Waals surface area contributed by atoms with Gasteiger partial charge >= 0.3 is 0 Å². The van der Waals surface area contributed by atoms with Gasteiger partial charge in [0, 0.05) is 47.5 Å². The van der Waals surface area contributed by atoms with Gasteiger partial charge in [-0.05, 0) is 35.2 Å². The predicted molar refractivity (Wildman–Crippen MR) is 126 cm³/mol. The highest BCUT2D eigenvalue weighted by Gasteiger charge is 2.14. The molecule has 3 heterocycles. The Balaban J connectivity index is 1.54. The molecule has 5 aromatic rings. The Morgan fingerprint density at radius 3 is 2.64 bits per heavy atom. The van der Waals surface area contributed by atoms with Crippen molar-refractivity contribution < 1.29 is 8.42 Å². The van der Waals surface area contributed by atoms with Crippen molar-refractivity contribution in [1.29, 1.82) is 0 Å². The zero-order valence-electron chi connectivity index (χ0n) is 17.7. The summed E-state index contributed by atoms with van der Waals surface area (Å²) in [6.45, 7) is 0.116. The molecule has 0 bridgehead atoms. The molecule has 0 atom stereocenters. The van der Waals surface area contributed by atoms with Crippen molar-refractivity contribution in [3.05, 3.63) is 88.7 Å². The van der Waals surface area contributed by atoms with Crippen LogP contribution in [0, 0.1) is 0 Å². The second-order valence-corrected chi connectivity index (χ2v) is 9.61. The van der Waals surface area contributed by atoms with Crippen molar-refractivity contribution in [1.82, 2.24) is 29.7 Å². The fourth-order valence-electron chi connectivity index (χ4n) is 3.71. The monoisotopic (exact) mass is 460 g/mol. The topological polar surface area (TPSA) is 123 Å². The van der Waals surface area contributed by atoms with Gasteiger partial charge in [0.25, 0.3) is 0 Å². The van der Waals surface area contributed by atoms with Gasteiger partial charge in [-0.1, -0.05) is 18.2 Å². The number of hydrogen-bond acceptors (Lipinski definition) is 6. The number of hydrogen-bond donors (Lipinski definition) is 2. The van der Waals surface area contributed by atoms with E-state index in [1.165, 1.54) is 0 Å². The molecule has 0 unspecified atom stereocenters. The van der Waals surface area contributed by atoms with E-state index < -0.39 is 10.0 Å². The van der Waals surface area contributed by atoms with Crippen molar-refractivity contribution in [2.75, 3.05) is 0 Å². The molecule has 0 saturated carbocycles. The minimum Gasteiger partial charge on any atom is -0.289 e. The lowest BCUT2D eigenvalue weighted by Gasteiger charge is -2.06. The number of nitrogens with zero attached hydrogens (tertiary/aromatic N) is 4. The summed E-state index contributed by atoms with van der Waals surface area (Å²) in [7, 11) is -1.79. The largest absolute Gasteiger partial charge is 0.289 e. The van der Waals surface area contributed by atoms with Crippen LogP contribution >= 0.6 is 0 Å². The molecule has 0 aliphatic carbocycles. The first-order valence-electron chi connectivity index (χ1n) is 10.2. The van der Waals surface area contributed by atoms with Crippen molar-refractivity contribution in [2.24, 2.45) is 7.05 Å². The number of benzene rings is 1. The second-order valence-electron chi connectivity index (χ2n) is 7.81. The lowest BCUT2D eigenvalue weighted by atomic mass is 10.1. The number of aryl methyl sites for hydroxylation is 1. The number of nitrogens with one attached hydrogen (secondary N) is 2. The smallest absolute Gasteiger partial charge is 0.216 e. The van der Waals surface area contributed by atoms with Crippen LogP contribution in [0.5, 0.6) is 0 Å². The van der Waals surface area contributed by atoms with Crippen LogP contribution in [0.25, 0.3) is 32.8 Å². The van der Waals surface area contributed by atoms with Crippen LogP contribution in [-0.4, -0.2) is 33.4 Å². The van der Waals surface area contributed by atoms with E-state index in [4.69, 9.17) is 0 Å². The maximum atomic E-state index is 13.4. The van der Waals surface area contributed by atoms with Crippen LogP contribution in [0.3, 0.4) is 0 Å². The van der Waals surface area contributed by atoms with Gasteiger partial charge < -0.3 is 0 Å². The van der Waals surface area contributed by atoms with Gasteiger partial charge in [0.15, 0.2) is 5.43 Å². The third-order valence-electron chi connectivity index (χ3n) is 5.38. The molecule has 0 fully saturated rings. The van der Waals surface area contributed by atoms with Crippen molar-refractivity contribution in [3.63, 3.8) is 0 Å². The number of rotatable bonds is 6. The Morgan fingerprint density at radius 2 is 1.88 bits per heavy atom. The van der Waals surface area contributed by atoms with Gasteiger partial charge in [0.1, 0.15) is 0 Å². The van der Waals surface area contributed by atoms with Gasteiger partial charge in [-0.15, -0.1) is 0 Å². The predicted octanol–water partition coefficient (Wildman–Crippen LogP) is 2.49. The summed E-state index contributed by atoms with van der Waals surface area (Å²) in [6.07, 6.45) is 6.84. The minimum atomic E-state index is -3.61. The first kappa shape index (κ1) is 21.0.